The SMILES string of the molecule is CCCCCCCCC(c1ccc(N)cc1)c1ccc(N)c(C(CCCCCCCC)c2ccc(NN)cc2)c1. The zero-order valence-electron chi connectivity index (χ0n) is 25.1. The molecular weight excluding hydrogens is 488 g/mol. The van der Waals surface area contributed by atoms with Gasteiger partial charge in [-0.1, -0.05) is 127 Å². The number of benzene rings is 3. The molecule has 3 aromatic carbocycles. The summed E-state index contributed by atoms with van der Waals surface area (Å²) in [6.45, 7) is 4.55. The van der Waals surface area contributed by atoms with Gasteiger partial charge >= 0.3 is 0 Å². The van der Waals surface area contributed by atoms with Crippen molar-refractivity contribution in [1.82, 2.24) is 0 Å². The number of nitrogens with one attached hydrogen (secondary N) is 1. The first-order valence-corrected chi connectivity index (χ1v) is 15.9. The van der Waals surface area contributed by atoms with Gasteiger partial charge in [-0.15, -0.1) is 0 Å². The van der Waals surface area contributed by atoms with Crippen LogP contribution in [0.2, 0.25) is 0 Å². The van der Waals surface area contributed by atoms with Crippen molar-refractivity contribution in [3.8, 4) is 0 Å². The van der Waals surface area contributed by atoms with Crippen LogP contribution < -0.4 is 22.7 Å². The Morgan fingerprint density at radius 2 is 1.02 bits per heavy atom. The highest BCUT2D eigenvalue weighted by Gasteiger charge is 2.21. The normalized spacial score (nSPS) is 12.8. The second kappa shape index (κ2) is 17.7. The monoisotopic (exact) mass is 542 g/mol. The number of anilines is 3. The van der Waals surface area contributed by atoms with E-state index in [1.807, 2.05) is 12.1 Å². The minimum Gasteiger partial charge on any atom is -0.399 e. The Morgan fingerprint density at radius 1 is 0.550 bits per heavy atom. The van der Waals surface area contributed by atoms with Crippen LogP contribution in [0.4, 0.5) is 17.1 Å². The summed E-state index contributed by atoms with van der Waals surface area (Å²) in [4.78, 5) is 0. The molecular formula is C36H54N4. The summed E-state index contributed by atoms with van der Waals surface area (Å²) >= 11 is 0. The summed E-state index contributed by atoms with van der Waals surface area (Å²) in [5.74, 6) is 6.26. The number of nitrogen functional groups attached to an aromatic ring is 3. The number of nitrogens with two attached hydrogens (primary N) is 3. The van der Waals surface area contributed by atoms with E-state index in [2.05, 4.69) is 73.9 Å². The van der Waals surface area contributed by atoms with Gasteiger partial charge < -0.3 is 16.9 Å². The van der Waals surface area contributed by atoms with E-state index in [1.165, 1.54) is 99.3 Å². The number of hydrogen-bond acceptors (Lipinski definition) is 4. The number of unbranched alkanes of at least 4 members (excludes halogenated alkanes) is 10. The van der Waals surface area contributed by atoms with Crippen molar-refractivity contribution in [2.45, 2.75) is 116 Å². The first kappa shape index (κ1) is 31.5. The molecule has 0 saturated carbocycles. The van der Waals surface area contributed by atoms with Crippen molar-refractivity contribution in [3.63, 3.8) is 0 Å². The van der Waals surface area contributed by atoms with E-state index in [9.17, 15) is 0 Å². The van der Waals surface area contributed by atoms with Crippen LogP contribution >= 0.6 is 0 Å². The van der Waals surface area contributed by atoms with Crippen LogP contribution in [0.15, 0.2) is 66.7 Å². The lowest BCUT2D eigenvalue weighted by atomic mass is 9.81. The van der Waals surface area contributed by atoms with Crippen molar-refractivity contribution in [3.05, 3.63) is 89.0 Å². The fourth-order valence-electron chi connectivity index (χ4n) is 5.94. The van der Waals surface area contributed by atoms with Gasteiger partial charge in [-0.25, -0.2) is 0 Å². The predicted octanol–water partition coefficient (Wildman–Crippen LogP) is 9.90. The van der Waals surface area contributed by atoms with Gasteiger partial charge in [-0.05, 0) is 65.4 Å². The fraction of sp³-hybridized carbons (Fsp3) is 0.500. The highest BCUT2D eigenvalue weighted by atomic mass is 15.2. The average Bonchev–Trinajstić information content (AvgIpc) is 2.98. The fourth-order valence-corrected chi connectivity index (χ4v) is 5.94. The van der Waals surface area contributed by atoms with E-state index in [-0.39, 0.29) is 5.92 Å². The average molecular weight is 543 g/mol. The molecule has 2 atom stereocenters. The quantitative estimate of drug-likeness (QED) is 0.0525. The molecule has 7 N–H and O–H groups in total. The van der Waals surface area contributed by atoms with Crippen LogP contribution in [0, 0.1) is 0 Å². The smallest absolute Gasteiger partial charge is 0.0485 e. The molecule has 0 radical (unpaired) electrons. The van der Waals surface area contributed by atoms with E-state index in [0.29, 0.717) is 5.92 Å². The summed E-state index contributed by atoms with van der Waals surface area (Å²) in [5, 5.41) is 0. The molecule has 0 aliphatic rings. The maximum atomic E-state index is 6.73. The lowest BCUT2D eigenvalue weighted by Gasteiger charge is -2.24. The van der Waals surface area contributed by atoms with E-state index in [4.69, 9.17) is 17.3 Å². The molecule has 0 aliphatic carbocycles. The molecule has 0 aliphatic heterocycles. The molecule has 4 heteroatoms. The van der Waals surface area contributed by atoms with Gasteiger partial charge in [-0.2, -0.15) is 0 Å². The summed E-state index contributed by atoms with van der Waals surface area (Å²) in [6, 6.07) is 23.8. The van der Waals surface area contributed by atoms with Gasteiger partial charge in [0.05, 0.1) is 0 Å². The summed E-state index contributed by atoms with van der Waals surface area (Å²) in [7, 11) is 0. The molecule has 3 rings (SSSR count). The highest BCUT2D eigenvalue weighted by Crippen LogP contribution is 2.38. The summed E-state index contributed by atoms with van der Waals surface area (Å²) < 4.78 is 0. The molecule has 3 aromatic rings. The predicted molar refractivity (Wildman–Crippen MR) is 176 cm³/mol. The lowest BCUT2D eigenvalue weighted by Crippen LogP contribution is -2.10. The number of hydrogen-bond donors (Lipinski definition) is 4. The molecule has 2 unspecified atom stereocenters. The van der Waals surface area contributed by atoms with Gasteiger partial charge in [-0.3, -0.25) is 5.84 Å². The summed E-state index contributed by atoms with van der Waals surface area (Å²) in [5.41, 5.74) is 23.4. The molecule has 0 aromatic heterocycles. The molecule has 0 bridgehead atoms. The number of rotatable bonds is 19. The van der Waals surface area contributed by atoms with Crippen LogP contribution in [0.25, 0.3) is 0 Å². The van der Waals surface area contributed by atoms with Gasteiger partial charge in [0.25, 0.3) is 0 Å². The van der Waals surface area contributed by atoms with Crippen LogP contribution in [0.5, 0.6) is 0 Å². The van der Waals surface area contributed by atoms with Gasteiger partial charge in [0.2, 0.25) is 0 Å². The van der Waals surface area contributed by atoms with Gasteiger partial charge in [0.15, 0.2) is 0 Å². The first-order chi connectivity index (χ1) is 19.6. The minimum atomic E-state index is 0.263. The van der Waals surface area contributed by atoms with E-state index in [0.717, 1.165) is 29.9 Å². The van der Waals surface area contributed by atoms with Gasteiger partial charge in [0, 0.05) is 28.9 Å². The lowest BCUT2D eigenvalue weighted by molar-refractivity contribution is 0.564. The van der Waals surface area contributed by atoms with E-state index >= 15 is 0 Å². The topological polar surface area (TPSA) is 90.1 Å². The zero-order valence-corrected chi connectivity index (χ0v) is 25.1. The Labute approximate surface area is 244 Å². The molecule has 0 spiro atoms. The van der Waals surface area contributed by atoms with Crippen LogP contribution in [0.3, 0.4) is 0 Å². The molecule has 0 saturated heterocycles. The Kier molecular flexibility index (Phi) is 13.9. The third-order valence-corrected chi connectivity index (χ3v) is 8.40. The zero-order chi connectivity index (χ0) is 28.6. The Balaban J connectivity index is 1.88. The minimum absolute atomic E-state index is 0.263. The number of hydrazine groups is 1. The molecule has 0 heterocycles. The largest absolute Gasteiger partial charge is 0.399 e. The Morgan fingerprint density at radius 3 is 1.60 bits per heavy atom. The maximum Gasteiger partial charge on any atom is 0.0485 e. The maximum absolute atomic E-state index is 6.73. The van der Waals surface area contributed by atoms with Crippen molar-refractivity contribution in [1.29, 1.82) is 0 Å². The highest BCUT2D eigenvalue weighted by molar-refractivity contribution is 5.56. The Bertz CT molecular complexity index is 1090. The summed E-state index contributed by atoms with van der Waals surface area (Å²) in [6.07, 6.45) is 17.8. The van der Waals surface area contributed by atoms with E-state index < -0.39 is 0 Å². The third kappa shape index (κ3) is 9.89. The van der Waals surface area contributed by atoms with Crippen molar-refractivity contribution >= 4 is 17.1 Å². The van der Waals surface area contributed by atoms with E-state index in [1.54, 1.807) is 0 Å². The van der Waals surface area contributed by atoms with Crippen LogP contribution in [-0.4, -0.2) is 0 Å². The third-order valence-electron chi connectivity index (χ3n) is 8.40. The van der Waals surface area contributed by atoms with Crippen molar-refractivity contribution in [2.75, 3.05) is 16.9 Å². The molecule has 40 heavy (non-hydrogen) atoms. The van der Waals surface area contributed by atoms with Crippen LogP contribution in [0.1, 0.15) is 138 Å². The molecule has 4 nitrogen and oxygen atoms in total. The van der Waals surface area contributed by atoms with Crippen molar-refractivity contribution < 1.29 is 0 Å². The second-order valence-electron chi connectivity index (χ2n) is 11.5. The Hall–Kier alpha value is -2.98. The molecule has 218 valence electrons. The standard InChI is InChI=1S/C36H54N4/c1-3-5-7-9-11-13-15-33(28-17-22-31(37)23-18-28)30-21-26-36(38)35(27-30)34(16-14-12-10-8-6-4-2)29-19-24-32(40-39)25-20-29/h17-27,33-34,40H,3-16,37-39H2,1-2H3. The molecule has 0 amide bonds. The van der Waals surface area contributed by atoms with Crippen LogP contribution in [-0.2, 0) is 0 Å². The second-order valence-corrected chi connectivity index (χ2v) is 11.5. The van der Waals surface area contributed by atoms with Gasteiger partial charge in [0.1, 0.15) is 0 Å². The van der Waals surface area contributed by atoms with Crippen molar-refractivity contribution in [2.24, 2.45) is 5.84 Å². The molecule has 0 fully saturated rings. The first-order valence-electron chi connectivity index (χ1n) is 15.9.